The van der Waals surface area contributed by atoms with Gasteiger partial charge < -0.3 is 15.0 Å². The summed E-state index contributed by atoms with van der Waals surface area (Å²) < 4.78 is 5.80. The number of nitrogens with one attached hydrogen (secondary N) is 1. The molecular weight excluding hydrogens is 472 g/mol. The number of carbonyl (C=O) groups is 2. The normalized spacial score (nSPS) is 14.3. The minimum Gasteiger partial charge on any atom is -0.484 e. The molecule has 36 heavy (non-hydrogen) atoms. The third-order valence-electron chi connectivity index (χ3n) is 6.75. The van der Waals surface area contributed by atoms with Crippen molar-refractivity contribution < 1.29 is 14.3 Å². The standard InChI is InChI=1S/C30H33ClN2O3/c1-22-9-5-6-12-24(22)20-33(29(34)21-36-27-17-15-25(31)16-18-27)28(19-23-10-3-2-4-11-23)30(35)32-26-13-7-8-14-26/h2-6,9-12,15-18,26,28H,7-8,13-14,19-21H2,1H3,(H,32,35)/t28-/m1/s1. The monoisotopic (exact) mass is 504 g/mol. The van der Waals surface area contributed by atoms with Crippen LogP contribution in [0.25, 0.3) is 0 Å². The van der Waals surface area contributed by atoms with Crippen molar-refractivity contribution in [1.29, 1.82) is 0 Å². The van der Waals surface area contributed by atoms with Gasteiger partial charge in [-0.05, 0) is 60.7 Å². The zero-order valence-electron chi connectivity index (χ0n) is 20.7. The Morgan fingerprint density at radius 3 is 2.33 bits per heavy atom. The first-order valence-electron chi connectivity index (χ1n) is 12.6. The highest BCUT2D eigenvalue weighted by atomic mass is 35.5. The molecule has 4 rings (SSSR count). The Kier molecular flexibility index (Phi) is 9.01. The van der Waals surface area contributed by atoms with Crippen LogP contribution in [-0.2, 0) is 22.6 Å². The van der Waals surface area contributed by atoms with Crippen molar-refractivity contribution in [2.24, 2.45) is 0 Å². The molecule has 1 aliphatic carbocycles. The molecule has 1 fully saturated rings. The zero-order valence-corrected chi connectivity index (χ0v) is 21.4. The van der Waals surface area contributed by atoms with Crippen LogP contribution in [0.5, 0.6) is 5.75 Å². The quantitative estimate of drug-likeness (QED) is 0.384. The molecule has 3 aromatic rings. The molecular formula is C30H33ClN2O3. The smallest absolute Gasteiger partial charge is 0.261 e. The molecule has 0 aromatic heterocycles. The third kappa shape index (κ3) is 7.11. The number of nitrogens with zero attached hydrogens (tertiary/aromatic N) is 1. The number of hydrogen-bond donors (Lipinski definition) is 1. The fourth-order valence-electron chi connectivity index (χ4n) is 4.65. The summed E-state index contributed by atoms with van der Waals surface area (Å²) in [6.45, 7) is 2.17. The first kappa shape index (κ1) is 25.8. The van der Waals surface area contributed by atoms with Gasteiger partial charge >= 0.3 is 0 Å². The highest BCUT2D eigenvalue weighted by Gasteiger charge is 2.32. The lowest BCUT2D eigenvalue weighted by Gasteiger charge is -2.32. The fraction of sp³-hybridized carbons (Fsp3) is 0.333. The van der Waals surface area contributed by atoms with Crippen molar-refractivity contribution in [3.05, 3.63) is 101 Å². The van der Waals surface area contributed by atoms with E-state index in [0.717, 1.165) is 42.4 Å². The van der Waals surface area contributed by atoms with Crippen LogP contribution in [0.2, 0.25) is 5.02 Å². The Balaban J connectivity index is 1.61. The molecule has 5 nitrogen and oxygen atoms in total. The second kappa shape index (κ2) is 12.6. The van der Waals surface area contributed by atoms with Gasteiger partial charge in [-0.15, -0.1) is 0 Å². The number of halogens is 1. The molecule has 0 saturated heterocycles. The van der Waals surface area contributed by atoms with E-state index < -0.39 is 6.04 Å². The van der Waals surface area contributed by atoms with Gasteiger partial charge in [0.1, 0.15) is 11.8 Å². The van der Waals surface area contributed by atoms with Crippen LogP contribution < -0.4 is 10.1 Å². The number of ether oxygens (including phenoxy) is 1. The number of carbonyl (C=O) groups excluding carboxylic acids is 2. The summed E-state index contributed by atoms with van der Waals surface area (Å²) in [5.41, 5.74) is 3.08. The van der Waals surface area contributed by atoms with Crippen LogP contribution in [0.15, 0.2) is 78.9 Å². The SMILES string of the molecule is Cc1ccccc1CN(C(=O)COc1ccc(Cl)cc1)[C@H](Cc1ccccc1)C(=O)NC1CCCC1. The predicted octanol–water partition coefficient (Wildman–Crippen LogP) is 5.73. The zero-order chi connectivity index (χ0) is 25.3. The van der Waals surface area contributed by atoms with Crippen molar-refractivity contribution in [3.8, 4) is 5.75 Å². The fourth-order valence-corrected chi connectivity index (χ4v) is 4.78. The number of aryl methyl sites for hydroxylation is 1. The van der Waals surface area contributed by atoms with E-state index in [0.29, 0.717) is 23.7 Å². The average molecular weight is 505 g/mol. The van der Waals surface area contributed by atoms with Crippen molar-refractivity contribution in [2.45, 2.75) is 57.7 Å². The maximum atomic E-state index is 13.7. The minimum atomic E-state index is -0.658. The topological polar surface area (TPSA) is 58.6 Å². The summed E-state index contributed by atoms with van der Waals surface area (Å²) in [5.74, 6) is 0.202. The Bertz CT molecular complexity index is 1140. The van der Waals surface area contributed by atoms with Gasteiger partial charge in [-0.25, -0.2) is 0 Å². The van der Waals surface area contributed by atoms with E-state index in [9.17, 15) is 9.59 Å². The van der Waals surface area contributed by atoms with Gasteiger partial charge in [-0.3, -0.25) is 9.59 Å². The lowest BCUT2D eigenvalue weighted by molar-refractivity contribution is -0.143. The molecule has 1 N–H and O–H groups in total. The van der Waals surface area contributed by atoms with Crippen LogP contribution in [0.3, 0.4) is 0 Å². The van der Waals surface area contributed by atoms with Gasteiger partial charge in [0.25, 0.3) is 5.91 Å². The van der Waals surface area contributed by atoms with Gasteiger partial charge in [0, 0.05) is 24.0 Å². The van der Waals surface area contributed by atoms with Crippen LogP contribution in [-0.4, -0.2) is 35.4 Å². The van der Waals surface area contributed by atoms with Crippen molar-refractivity contribution >= 4 is 23.4 Å². The molecule has 0 aliphatic heterocycles. The highest BCUT2D eigenvalue weighted by Crippen LogP contribution is 2.21. The summed E-state index contributed by atoms with van der Waals surface area (Å²) in [5, 5.41) is 3.83. The van der Waals surface area contributed by atoms with E-state index in [1.54, 1.807) is 29.2 Å². The Morgan fingerprint density at radius 1 is 0.972 bits per heavy atom. The predicted molar refractivity (Wildman–Crippen MR) is 143 cm³/mol. The Morgan fingerprint density at radius 2 is 1.64 bits per heavy atom. The number of benzene rings is 3. The number of hydrogen-bond acceptors (Lipinski definition) is 3. The Labute approximate surface area is 218 Å². The summed E-state index contributed by atoms with van der Waals surface area (Å²) >= 11 is 5.98. The molecule has 0 unspecified atom stereocenters. The van der Waals surface area contributed by atoms with E-state index in [1.807, 2.05) is 61.5 Å². The van der Waals surface area contributed by atoms with Gasteiger partial charge in [-0.1, -0.05) is 79.0 Å². The molecule has 188 valence electrons. The summed E-state index contributed by atoms with van der Waals surface area (Å²) in [6, 6.07) is 24.2. The molecule has 0 heterocycles. The molecule has 1 atom stereocenters. The largest absolute Gasteiger partial charge is 0.484 e. The first-order chi connectivity index (χ1) is 17.5. The molecule has 3 aromatic carbocycles. The van der Waals surface area contributed by atoms with Crippen molar-refractivity contribution in [3.63, 3.8) is 0 Å². The molecule has 1 saturated carbocycles. The molecule has 0 radical (unpaired) electrons. The maximum Gasteiger partial charge on any atom is 0.261 e. The van der Waals surface area contributed by atoms with Crippen LogP contribution in [0.1, 0.15) is 42.4 Å². The van der Waals surface area contributed by atoms with Gasteiger partial charge in [0.2, 0.25) is 5.91 Å². The first-order valence-corrected chi connectivity index (χ1v) is 12.9. The van der Waals surface area contributed by atoms with E-state index >= 15 is 0 Å². The van der Waals surface area contributed by atoms with Crippen LogP contribution in [0, 0.1) is 6.92 Å². The van der Waals surface area contributed by atoms with Crippen LogP contribution in [0.4, 0.5) is 0 Å². The van der Waals surface area contributed by atoms with E-state index in [2.05, 4.69) is 5.32 Å². The molecule has 0 bridgehead atoms. The number of amides is 2. The maximum absolute atomic E-state index is 13.7. The van der Waals surface area contributed by atoms with E-state index in [4.69, 9.17) is 16.3 Å². The lowest BCUT2D eigenvalue weighted by atomic mass is 10.0. The second-order valence-corrected chi connectivity index (χ2v) is 9.82. The van der Waals surface area contributed by atoms with Gasteiger partial charge in [-0.2, -0.15) is 0 Å². The van der Waals surface area contributed by atoms with Gasteiger partial charge in [0.05, 0.1) is 0 Å². The summed E-state index contributed by atoms with van der Waals surface area (Å²) in [6.07, 6.45) is 4.63. The number of rotatable bonds is 10. The third-order valence-corrected chi connectivity index (χ3v) is 7.00. The van der Waals surface area contributed by atoms with Crippen molar-refractivity contribution in [2.75, 3.05) is 6.61 Å². The average Bonchev–Trinajstić information content (AvgIpc) is 3.40. The lowest BCUT2D eigenvalue weighted by Crippen LogP contribution is -2.53. The van der Waals surface area contributed by atoms with Gasteiger partial charge in [0.15, 0.2) is 6.61 Å². The molecule has 2 amide bonds. The van der Waals surface area contributed by atoms with E-state index in [-0.39, 0.29) is 24.5 Å². The van der Waals surface area contributed by atoms with Crippen LogP contribution >= 0.6 is 11.6 Å². The molecule has 6 heteroatoms. The molecule has 0 spiro atoms. The minimum absolute atomic E-state index is 0.112. The molecule has 1 aliphatic rings. The second-order valence-electron chi connectivity index (χ2n) is 9.39. The highest BCUT2D eigenvalue weighted by molar-refractivity contribution is 6.30. The summed E-state index contributed by atoms with van der Waals surface area (Å²) in [4.78, 5) is 29.0. The van der Waals surface area contributed by atoms with Crippen molar-refractivity contribution in [1.82, 2.24) is 10.2 Å². The van der Waals surface area contributed by atoms with E-state index in [1.165, 1.54) is 0 Å². The summed E-state index contributed by atoms with van der Waals surface area (Å²) in [7, 11) is 0. The Hall–Kier alpha value is -3.31.